The van der Waals surface area contributed by atoms with Gasteiger partial charge in [-0.15, -0.1) is 0 Å². The van der Waals surface area contributed by atoms with Crippen molar-refractivity contribution in [1.29, 1.82) is 0 Å². The van der Waals surface area contributed by atoms with Crippen molar-refractivity contribution in [1.82, 2.24) is 0 Å². The maximum Gasteiger partial charge on any atom is 0.193 e. The zero-order valence-electron chi connectivity index (χ0n) is 9.28. The Morgan fingerprint density at radius 1 is 0.778 bits per heavy atom. The monoisotopic (exact) mass is 280 g/mol. The van der Waals surface area contributed by atoms with Gasteiger partial charge in [0.1, 0.15) is 0 Å². The van der Waals surface area contributed by atoms with Crippen LogP contribution in [0.1, 0.15) is 15.9 Å². The van der Waals surface area contributed by atoms with Crippen molar-refractivity contribution in [2.24, 2.45) is 0 Å². The fourth-order valence-corrected chi connectivity index (χ4v) is 2.14. The van der Waals surface area contributed by atoms with E-state index in [0.717, 1.165) is 0 Å². The molecule has 0 amide bonds. The summed E-state index contributed by atoms with van der Waals surface area (Å²) in [5, 5.41) is 0.821. The summed E-state index contributed by atoms with van der Waals surface area (Å²) >= 11 is 11.7. The summed E-state index contributed by atoms with van der Waals surface area (Å²) in [5.74, 6) is -0.224. The molecular formula is C13H10Cl2N2O. The van der Waals surface area contributed by atoms with E-state index < -0.39 is 0 Å². The van der Waals surface area contributed by atoms with Crippen LogP contribution in [0, 0.1) is 0 Å². The highest BCUT2D eigenvalue weighted by Crippen LogP contribution is 2.22. The molecule has 0 aliphatic rings. The number of halogens is 2. The number of ketones is 1. The number of anilines is 2. The molecule has 0 radical (unpaired) electrons. The highest BCUT2D eigenvalue weighted by molar-refractivity contribution is 6.32. The molecule has 0 bridgehead atoms. The molecule has 2 rings (SSSR count). The largest absolute Gasteiger partial charge is 0.399 e. The Labute approximate surface area is 114 Å². The molecule has 0 unspecified atom stereocenters. The SMILES string of the molecule is Nc1cc(Cl)cc(C(=O)c2cc(N)cc(Cl)c2)c1. The number of carbonyl (C=O) groups excluding carboxylic acids is 1. The first-order chi connectivity index (χ1) is 8.45. The van der Waals surface area contributed by atoms with Crippen LogP contribution in [0.5, 0.6) is 0 Å². The molecule has 92 valence electrons. The van der Waals surface area contributed by atoms with E-state index in [1.54, 1.807) is 36.4 Å². The maximum absolute atomic E-state index is 12.2. The molecule has 0 atom stereocenters. The van der Waals surface area contributed by atoms with Crippen LogP contribution in [0.15, 0.2) is 36.4 Å². The second-order valence-corrected chi connectivity index (χ2v) is 4.75. The number of benzene rings is 2. The molecule has 2 aromatic carbocycles. The van der Waals surface area contributed by atoms with Gasteiger partial charge in [-0.2, -0.15) is 0 Å². The van der Waals surface area contributed by atoms with E-state index in [9.17, 15) is 4.79 Å². The first kappa shape index (κ1) is 12.7. The zero-order chi connectivity index (χ0) is 13.3. The molecule has 4 N–H and O–H groups in total. The molecule has 0 saturated heterocycles. The van der Waals surface area contributed by atoms with E-state index in [1.807, 2.05) is 0 Å². The average Bonchev–Trinajstić information content (AvgIpc) is 2.25. The number of rotatable bonds is 2. The Morgan fingerprint density at radius 3 is 1.50 bits per heavy atom. The molecule has 0 spiro atoms. The van der Waals surface area contributed by atoms with Crippen LogP contribution < -0.4 is 11.5 Å². The van der Waals surface area contributed by atoms with Gasteiger partial charge in [0, 0.05) is 32.5 Å². The van der Waals surface area contributed by atoms with Crippen molar-refractivity contribution in [2.45, 2.75) is 0 Å². The summed E-state index contributed by atoms with van der Waals surface area (Å²) < 4.78 is 0. The summed E-state index contributed by atoms with van der Waals surface area (Å²) in [5.41, 5.74) is 13.0. The summed E-state index contributed by atoms with van der Waals surface area (Å²) in [6, 6.07) is 9.38. The minimum Gasteiger partial charge on any atom is -0.399 e. The van der Waals surface area contributed by atoms with Crippen molar-refractivity contribution < 1.29 is 4.79 Å². The topological polar surface area (TPSA) is 69.1 Å². The lowest BCUT2D eigenvalue weighted by molar-refractivity contribution is 0.103. The van der Waals surface area contributed by atoms with Crippen LogP contribution in [0.2, 0.25) is 10.0 Å². The standard InChI is InChI=1S/C13H10Cl2N2O/c14-9-1-7(3-11(16)5-9)13(18)8-2-10(15)6-12(17)4-8/h1-6H,16-17H2. The van der Waals surface area contributed by atoms with E-state index >= 15 is 0 Å². The van der Waals surface area contributed by atoms with Gasteiger partial charge in [-0.3, -0.25) is 4.79 Å². The first-order valence-corrected chi connectivity index (χ1v) is 5.88. The molecule has 0 saturated carbocycles. The predicted octanol–water partition coefficient (Wildman–Crippen LogP) is 3.39. The maximum atomic E-state index is 12.2. The van der Waals surface area contributed by atoms with Gasteiger partial charge in [0.2, 0.25) is 0 Å². The van der Waals surface area contributed by atoms with Crippen LogP contribution >= 0.6 is 23.2 Å². The third kappa shape index (κ3) is 2.75. The normalized spacial score (nSPS) is 10.3. The van der Waals surface area contributed by atoms with Gasteiger partial charge in [-0.25, -0.2) is 0 Å². The number of carbonyl (C=O) groups is 1. The van der Waals surface area contributed by atoms with Crippen molar-refractivity contribution in [3.05, 3.63) is 57.6 Å². The lowest BCUT2D eigenvalue weighted by Gasteiger charge is -2.05. The van der Waals surface area contributed by atoms with Gasteiger partial charge in [-0.1, -0.05) is 23.2 Å². The molecule has 0 aliphatic carbocycles. The molecule has 0 aromatic heterocycles. The predicted molar refractivity (Wildman–Crippen MR) is 75.2 cm³/mol. The quantitative estimate of drug-likeness (QED) is 0.654. The zero-order valence-corrected chi connectivity index (χ0v) is 10.8. The molecule has 5 heteroatoms. The van der Waals surface area contributed by atoms with Crippen molar-refractivity contribution in [3.63, 3.8) is 0 Å². The fraction of sp³-hybridized carbons (Fsp3) is 0. The molecule has 3 nitrogen and oxygen atoms in total. The Hall–Kier alpha value is -1.71. The van der Waals surface area contributed by atoms with E-state index in [0.29, 0.717) is 32.5 Å². The summed E-state index contributed by atoms with van der Waals surface area (Å²) in [6.45, 7) is 0. The van der Waals surface area contributed by atoms with Gasteiger partial charge in [0.25, 0.3) is 0 Å². The Morgan fingerprint density at radius 2 is 1.17 bits per heavy atom. The average molecular weight is 281 g/mol. The van der Waals surface area contributed by atoms with Crippen LogP contribution in [0.4, 0.5) is 11.4 Å². The van der Waals surface area contributed by atoms with Gasteiger partial charge in [0.05, 0.1) is 0 Å². The Kier molecular flexibility index (Phi) is 3.45. The number of hydrogen-bond donors (Lipinski definition) is 2. The second-order valence-electron chi connectivity index (χ2n) is 3.88. The second kappa shape index (κ2) is 4.88. The van der Waals surface area contributed by atoms with E-state index in [1.165, 1.54) is 0 Å². The highest BCUT2D eigenvalue weighted by Gasteiger charge is 2.12. The minimum atomic E-state index is -0.224. The van der Waals surface area contributed by atoms with Crippen LogP contribution in [0.3, 0.4) is 0 Å². The van der Waals surface area contributed by atoms with E-state index in [2.05, 4.69) is 0 Å². The highest BCUT2D eigenvalue weighted by atomic mass is 35.5. The lowest BCUT2D eigenvalue weighted by Crippen LogP contribution is -2.03. The summed E-state index contributed by atoms with van der Waals surface area (Å²) in [7, 11) is 0. The Balaban J connectivity index is 2.47. The fourth-order valence-electron chi connectivity index (χ4n) is 1.65. The van der Waals surface area contributed by atoms with Crippen molar-refractivity contribution in [2.75, 3.05) is 11.5 Å². The van der Waals surface area contributed by atoms with Gasteiger partial charge in [0.15, 0.2) is 5.78 Å². The van der Waals surface area contributed by atoms with E-state index in [4.69, 9.17) is 34.7 Å². The summed E-state index contributed by atoms with van der Waals surface area (Å²) in [6.07, 6.45) is 0. The van der Waals surface area contributed by atoms with Crippen molar-refractivity contribution in [3.8, 4) is 0 Å². The number of nitrogen functional groups attached to an aromatic ring is 2. The van der Waals surface area contributed by atoms with Gasteiger partial charge >= 0.3 is 0 Å². The van der Waals surface area contributed by atoms with Gasteiger partial charge < -0.3 is 11.5 Å². The van der Waals surface area contributed by atoms with Gasteiger partial charge in [-0.05, 0) is 36.4 Å². The Bertz CT molecular complexity index is 532. The molecule has 2 aromatic rings. The van der Waals surface area contributed by atoms with Crippen molar-refractivity contribution >= 4 is 40.4 Å². The van der Waals surface area contributed by atoms with Crippen LogP contribution in [-0.4, -0.2) is 5.78 Å². The summed E-state index contributed by atoms with van der Waals surface area (Å²) in [4.78, 5) is 12.2. The molecule has 0 heterocycles. The lowest BCUT2D eigenvalue weighted by atomic mass is 10.0. The molecule has 0 fully saturated rings. The molecule has 0 aliphatic heterocycles. The first-order valence-electron chi connectivity index (χ1n) is 5.12. The van der Waals surface area contributed by atoms with E-state index in [-0.39, 0.29) is 5.78 Å². The third-order valence-corrected chi connectivity index (χ3v) is 2.80. The molecular weight excluding hydrogens is 271 g/mol. The molecule has 18 heavy (non-hydrogen) atoms. The minimum absolute atomic E-state index is 0.224. The van der Waals surface area contributed by atoms with Crippen LogP contribution in [-0.2, 0) is 0 Å². The number of hydrogen-bond acceptors (Lipinski definition) is 3. The van der Waals surface area contributed by atoms with Crippen LogP contribution in [0.25, 0.3) is 0 Å². The number of nitrogens with two attached hydrogens (primary N) is 2. The third-order valence-electron chi connectivity index (χ3n) is 2.36. The smallest absolute Gasteiger partial charge is 0.193 e.